The van der Waals surface area contributed by atoms with Gasteiger partial charge in [0.15, 0.2) is 0 Å². The fourth-order valence-electron chi connectivity index (χ4n) is 1.87. The first kappa shape index (κ1) is 11.8. The Balaban J connectivity index is 2.15. The molecular formula is C13H17NO3. The lowest BCUT2D eigenvalue weighted by Crippen LogP contribution is -2.32. The first-order valence-corrected chi connectivity index (χ1v) is 5.92. The molecule has 1 saturated carbocycles. The van der Waals surface area contributed by atoms with Crippen molar-refractivity contribution in [2.45, 2.75) is 19.8 Å². The molecule has 1 fully saturated rings. The summed E-state index contributed by atoms with van der Waals surface area (Å²) in [7, 11) is 0. The minimum absolute atomic E-state index is 0.0872. The van der Waals surface area contributed by atoms with Crippen LogP contribution in [0.25, 0.3) is 0 Å². The van der Waals surface area contributed by atoms with Crippen LogP contribution in [0.3, 0.4) is 0 Å². The molecule has 17 heavy (non-hydrogen) atoms. The van der Waals surface area contributed by atoms with E-state index in [2.05, 4.69) is 0 Å². The molecule has 1 aliphatic carbocycles. The molecule has 0 atom stereocenters. The van der Waals surface area contributed by atoms with E-state index >= 15 is 0 Å². The summed E-state index contributed by atoms with van der Waals surface area (Å²) in [5.74, 6) is 0.321. The molecule has 2 rings (SSSR count). The summed E-state index contributed by atoms with van der Waals surface area (Å²) >= 11 is 0. The van der Waals surface area contributed by atoms with E-state index in [-0.39, 0.29) is 17.4 Å². The highest BCUT2D eigenvalue weighted by Crippen LogP contribution is 2.30. The smallest absolute Gasteiger partial charge is 0.254 e. The van der Waals surface area contributed by atoms with E-state index < -0.39 is 0 Å². The van der Waals surface area contributed by atoms with Gasteiger partial charge in [-0.25, -0.2) is 0 Å². The molecule has 0 saturated heterocycles. The maximum Gasteiger partial charge on any atom is 0.254 e. The molecule has 1 amide bonds. The van der Waals surface area contributed by atoms with Crippen molar-refractivity contribution < 1.29 is 15.0 Å². The predicted molar refractivity (Wildman–Crippen MR) is 64.1 cm³/mol. The summed E-state index contributed by atoms with van der Waals surface area (Å²) in [6.45, 7) is 3.35. The van der Waals surface area contributed by atoms with E-state index in [1.165, 1.54) is 31.0 Å². The number of carbonyl (C=O) groups is 1. The Morgan fingerprint density at radius 2 is 1.88 bits per heavy atom. The lowest BCUT2D eigenvalue weighted by Gasteiger charge is -2.20. The van der Waals surface area contributed by atoms with Crippen LogP contribution in [0.2, 0.25) is 0 Å². The molecule has 1 aromatic carbocycles. The average molecular weight is 235 g/mol. The molecule has 0 radical (unpaired) electrons. The lowest BCUT2D eigenvalue weighted by molar-refractivity contribution is 0.0756. The zero-order chi connectivity index (χ0) is 12.4. The SMILES string of the molecule is CCN(CC1CC1)C(=O)c1cc(O)cc(O)c1. The molecule has 0 heterocycles. The molecule has 0 bridgehead atoms. The Kier molecular flexibility index (Phi) is 3.22. The van der Waals surface area contributed by atoms with Gasteiger partial charge in [-0.15, -0.1) is 0 Å². The number of hydrogen-bond donors (Lipinski definition) is 2. The predicted octanol–water partition coefficient (Wildman–Crippen LogP) is 1.97. The number of hydrogen-bond acceptors (Lipinski definition) is 3. The summed E-state index contributed by atoms with van der Waals surface area (Å²) in [6, 6.07) is 3.99. The van der Waals surface area contributed by atoms with E-state index in [0.29, 0.717) is 18.0 Å². The van der Waals surface area contributed by atoms with Crippen molar-refractivity contribution in [1.29, 1.82) is 0 Å². The van der Waals surface area contributed by atoms with Crippen LogP contribution in [0, 0.1) is 5.92 Å². The zero-order valence-electron chi connectivity index (χ0n) is 9.89. The summed E-state index contributed by atoms with van der Waals surface area (Å²) in [5, 5.41) is 18.7. The number of amides is 1. The second kappa shape index (κ2) is 4.65. The van der Waals surface area contributed by atoms with E-state index in [4.69, 9.17) is 0 Å². The minimum Gasteiger partial charge on any atom is -0.508 e. The van der Waals surface area contributed by atoms with Gasteiger partial charge in [-0.1, -0.05) is 0 Å². The van der Waals surface area contributed by atoms with E-state index in [1.807, 2.05) is 6.92 Å². The van der Waals surface area contributed by atoms with E-state index in [0.717, 1.165) is 6.54 Å². The number of aromatic hydroxyl groups is 2. The van der Waals surface area contributed by atoms with Gasteiger partial charge >= 0.3 is 0 Å². The fourth-order valence-corrected chi connectivity index (χ4v) is 1.87. The highest BCUT2D eigenvalue weighted by atomic mass is 16.3. The molecule has 0 aliphatic heterocycles. The van der Waals surface area contributed by atoms with Gasteiger partial charge in [-0.3, -0.25) is 4.79 Å². The molecule has 92 valence electrons. The number of nitrogens with zero attached hydrogens (tertiary/aromatic N) is 1. The molecule has 0 spiro atoms. The molecule has 2 N–H and O–H groups in total. The van der Waals surface area contributed by atoms with E-state index in [1.54, 1.807) is 4.90 Å². The first-order valence-electron chi connectivity index (χ1n) is 5.92. The van der Waals surface area contributed by atoms with Crippen LogP contribution in [0.4, 0.5) is 0 Å². The highest BCUT2D eigenvalue weighted by molar-refractivity contribution is 5.95. The van der Waals surface area contributed by atoms with Gasteiger partial charge in [0.25, 0.3) is 5.91 Å². The van der Waals surface area contributed by atoms with Crippen LogP contribution in [-0.4, -0.2) is 34.1 Å². The fraction of sp³-hybridized carbons (Fsp3) is 0.462. The third-order valence-electron chi connectivity index (χ3n) is 2.99. The largest absolute Gasteiger partial charge is 0.508 e. The lowest BCUT2D eigenvalue weighted by atomic mass is 10.1. The van der Waals surface area contributed by atoms with Crippen LogP contribution in [-0.2, 0) is 0 Å². The molecule has 0 aromatic heterocycles. The number of phenols is 2. The summed E-state index contributed by atoms with van der Waals surface area (Å²) < 4.78 is 0. The number of benzene rings is 1. The normalized spacial score (nSPS) is 14.6. The molecule has 1 aromatic rings. The average Bonchev–Trinajstić information content (AvgIpc) is 3.07. The van der Waals surface area contributed by atoms with Gasteiger partial charge in [0, 0.05) is 24.7 Å². The number of phenolic OH excluding ortho intramolecular Hbond substituents is 2. The monoisotopic (exact) mass is 235 g/mol. The van der Waals surface area contributed by atoms with Gasteiger partial charge in [-0.2, -0.15) is 0 Å². The Bertz CT molecular complexity index is 406. The number of rotatable bonds is 4. The van der Waals surface area contributed by atoms with Crippen LogP contribution in [0.15, 0.2) is 18.2 Å². The Morgan fingerprint density at radius 3 is 2.35 bits per heavy atom. The van der Waals surface area contributed by atoms with Crippen molar-refractivity contribution in [3.05, 3.63) is 23.8 Å². The molecule has 0 unspecified atom stereocenters. The highest BCUT2D eigenvalue weighted by Gasteiger charge is 2.26. The standard InChI is InChI=1S/C13H17NO3/c1-2-14(8-9-3-4-9)13(17)10-5-11(15)7-12(16)6-10/h5-7,9,15-16H,2-4,8H2,1H3. The topological polar surface area (TPSA) is 60.8 Å². The van der Waals surface area contributed by atoms with Crippen LogP contribution in [0.5, 0.6) is 11.5 Å². The van der Waals surface area contributed by atoms with Gasteiger partial charge in [-0.05, 0) is 37.8 Å². The third kappa shape index (κ3) is 2.90. The Hall–Kier alpha value is -1.71. The number of carbonyl (C=O) groups excluding carboxylic acids is 1. The summed E-state index contributed by atoms with van der Waals surface area (Å²) in [4.78, 5) is 13.9. The maximum absolute atomic E-state index is 12.1. The summed E-state index contributed by atoms with van der Waals surface area (Å²) in [5.41, 5.74) is 0.338. The molecular weight excluding hydrogens is 218 g/mol. The van der Waals surface area contributed by atoms with E-state index in [9.17, 15) is 15.0 Å². The van der Waals surface area contributed by atoms with Gasteiger partial charge in [0.2, 0.25) is 0 Å². The zero-order valence-corrected chi connectivity index (χ0v) is 9.89. The van der Waals surface area contributed by atoms with Crippen molar-refractivity contribution in [1.82, 2.24) is 4.90 Å². The second-order valence-electron chi connectivity index (χ2n) is 4.53. The quantitative estimate of drug-likeness (QED) is 0.838. The minimum atomic E-state index is -0.134. The van der Waals surface area contributed by atoms with Crippen molar-refractivity contribution in [3.8, 4) is 11.5 Å². The van der Waals surface area contributed by atoms with Crippen molar-refractivity contribution in [2.75, 3.05) is 13.1 Å². The second-order valence-corrected chi connectivity index (χ2v) is 4.53. The van der Waals surface area contributed by atoms with Gasteiger partial charge < -0.3 is 15.1 Å². The van der Waals surface area contributed by atoms with Gasteiger partial charge in [0.05, 0.1) is 0 Å². The van der Waals surface area contributed by atoms with Crippen LogP contribution < -0.4 is 0 Å². The third-order valence-corrected chi connectivity index (χ3v) is 2.99. The maximum atomic E-state index is 12.1. The molecule has 4 nitrogen and oxygen atoms in total. The summed E-state index contributed by atoms with van der Waals surface area (Å²) in [6.07, 6.45) is 2.38. The molecule has 1 aliphatic rings. The Morgan fingerprint density at radius 1 is 1.29 bits per heavy atom. The van der Waals surface area contributed by atoms with Crippen molar-refractivity contribution >= 4 is 5.91 Å². The first-order chi connectivity index (χ1) is 8.10. The van der Waals surface area contributed by atoms with Crippen molar-refractivity contribution in [3.63, 3.8) is 0 Å². The molecule has 4 heteroatoms. The Labute approximate surface area is 100 Å². The van der Waals surface area contributed by atoms with Gasteiger partial charge in [0.1, 0.15) is 11.5 Å². The van der Waals surface area contributed by atoms with Crippen LogP contribution >= 0.6 is 0 Å². The van der Waals surface area contributed by atoms with Crippen LogP contribution in [0.1, 0.15) is 30.1 Å². The van der Waals surface area contributed by atoms with Crippen molar-refractivity contribution in [2.24, 2.45) is 5.92 Å².